The molecule has 0 saturated heterocycles. The normalized spacial score (nSPS) is 18.1. The Bertz CT molecular complexity index is 429. The number of primary amides is 1. The molecule has 0 aliphatic heterocycles. The lowest BCUT2D eigenvalue weighted by Crippen LogP contribution is -2.18. The Balaban J connectivity index is 2.10. The average molecular weight is 273 g/mol. The van der Waals surface area contributed by atoms with Gasteiger partial charge in [0.15, 0.2) is 0 Å². The van der Waals surface area contributed by atoms with Crippen LogP contribution in [0, 0.1) is 5.92 Å². The molecule has 1 aromatic carbocycles. The molecule has 1 amide bonds. The van der Waals surface area contributed by atoms with Gasteiger partial charge in [-0.3, -0.25) is 4.79 Å². The summed E-state index contributed by atoms with van der Waals surface area (Å²) in [6, 6.07) is 8.94. The summed E-state index contributed by atoms with van der Waals surface area (Å²) in [5.74, 6) is 1.21. The zero-order valence-corrected chi connectivity index (χ0v) is 12.8. The molecular formula is C18H27NO. The first-order chi connectivity index (χ1) is 9.58. The van der Waals surface area contributed by atoms with Crippen molar-refractivity contribution in [3.63, 3.8) is 0 Å². The van der Waals surface area contributed by atoms with Gasteiger partial charge in [0, 0.05) is 6.42 Å². The van der Waals surface area contributed by atoms with Gasteiger partial charge in [-0.1, -0.05) is 57.4 Å². The molecular weight excluding hydrogens is 246 g/mol. The third-order valence-electron chi connectivity index (χ3n) is 4.67. The number of hydrogen-bond acceptors (Lipinski definition) is 1. The average Bonchev–Trinajstić information content (AvgIpc) is 2.45. The van der Waals surface area contributed by atoms with E-state index in [9.17, 15) is 4.79 Å². The van der Waals surface area contributed by atoms with Crippen molar-refractivity contribution in [3.8, 4) is 0 Å². The number of carbonyl (C=O) groups excluding carboxylic acids is 1. The van der Waals surface area contributed by atoms with Crippen LogP contribution >= 0.6 is 0 Å². The second kappa shape index (κ2) is 6.92. The Morgan fingerprint density at radius 3 is 2.25 bits per heavy atom. The van der Waals surface area contributed by atoms with Gasteiger partial charge >= 0.3 is 0 Å². The molecule has 2 heteroatoms. The first-order valence-corrected chi connectivity index (χ1v) is 7.96. The van der Waals surface area contributed by atoms with Crippen molar-refractivity contribution in [2.75, 3.05) is 0 Å². The molecule has 1 saturated carbocycles. The summed E-state index contributed by atoms with van der Waals surface area (Å²) in [5.41, 5.74) is 8.09. The van der Waals surface area contributed by atoms with Gasteiger partial charge in [0.05, 0.1) is 0 Å². The van der Waals surface area contributed by atoms with E-state index in [1.165, 1.54) is 43.2 Å². The largest absolute Gasteiger partial charge is 0.370 e. The molecule has 0 radical (unpaired) electrons. The first kappa shape index (κ1) is 15.1. The zero-order valence-electron chi connectivity index (χ0n) is 12.8. The lowest BCUT2D eigenvalue weighted by atomic mass is 9.81. The molecule has 1 aliphatic rings. The van der Waals surface area contributed by atoms with Gasteiger partial charge < -0.3 is 5.73 Å². The Hall–Kier alpha value is -1.31. The van der Waals surface area contributed by atoms with Gasteiger partial charge in [-0.05, 0) is 41.7 Å². The van der Waals surface area contributed by atoms with Crippen LogP contribution in [0.2, 0.25) is 0 Å². The van der Waals surface area contributed by atoms with Crippen LogP contribution in [-0.2, 0) is 4.79 Å². The van der Waals surface area contributed by atoms with E-state index in [0.717, 1.165) is 5.92 Å². The Morgan fingerprint density at radius 1 is 1.15 bits per heavy atom. The van der Waals surface area contributed by atoms with Gasteiger partial charge in [-0.25, -0.2) is 0 Å². The summed E-state index contributed by atoms with van der Waals surface area (Å²) in [5, 5.41) is 0. The van der Waals surface area contributed by atoms with Crippen molar-refractivity contribution in [2.24, 2.45) is 11.7 Å². The maximum Gasteiger partial charge on any atom is 0.218 e. The molecule has 20 heavy (non-hydrogen) atoms. The Morgan fingerprint density at radius 2 is 1.75 bits per heavy atom. The highest BCUT2D eigenvalue weighted by molar-refractivity contribution is 5.74. The van der Waals surface area contributed by atoms with E-state index in [4.69, 9.17) is 5.73 Å². The summed E-state index contributed by atoms with van der Waals surface area (Å²) in [6.07, 6.45) is 7.22. The van der Waals surface area contributed by atoms with Crippen molar-refractivity contribution in [3.05, 3.63) is 35.4 Å². The summed E-state index contributed by atoms with van der Waals surface area (Å²) in [6.45, 7) is 4.31. The topological polar surface area (TPSA) is 43.1 Å². The van der Waals surface area contributed by atoms with Crippen LogP contribution in [0.4, 0.5) is 0 Å². The smallest absolute Gasteiger partial charge is 0.218 e. The molecule has 0 heterocycles. The SMILES string of the molecule is CC(C)C(CC(N)=O)c1ccc(C2CCCCC2)cc1. The quantitative estimate of drug-likeness (QED) is 0.851. The van der Waals surface area contributed by atoms with Gasteiger partial charge in [0.25, 0.3) is 0 Å². The Labute approximate surface area is 122 Å². The first-order valence-electron chi connectivity index (χ1n) is 7.96. The van der Waals surface area contributed by atoms with Crippen LogP contribution in [0.5, 0.6) is 0 Å². The highest BCUT2D eigenvalue weighted by atomic mass is 16.1. The van der Waals surface area contributed by atoms with E-state index < -0.39 is 0 Å². The minimum absolute atomic E-state index is 0.208. The number of benzene rings is 1. The van der Waals surface area contributed by atoms with Crippen molar-refractivity contribution >= 4 is 5.91 Å². The standard InChI is InChI=1S/C18H27NO/c1-13(2)17(12-18(19)20)16-10-8-15(9-11-16)14-6-4-3-5-7-14/h8-11,13-14,17H,3-7,12H2,1-2H3,(H2,19,20). The fourth-order valence-electron chi connectivity index (χ4n) is 3.41. The van der Waals surface area contributed by atoms with Crippen molar-refractivity contribution < 1.29 is 4.79 Å². The van der Waals surface area contributed by atoms with Gasteiger partial charge in [0.1, 0.15) is 0 Å². The Kier molecular flexibility index (Phi) is 5.22. The van der Waals surface area contributed by atoms with Crippen molar-refractivity contribution in [1.82, 2.24) is 0 Å². The molecule has 2 nitrogen and oxygen atoms in total. The maximum absolute atomic E-state index is 11.2. The van der Waals surface area contributed by atoms with E-state index in [1.807, 2.05) is 0 Å². The molecule has 0 spiro atoms. The lowest BCUT2D eigenvalue weighted by molar-refractivity contribution is -0.118. The monoisotopic (exact) mass is 273 g/mol. The van der Waals surface area contributed by atoms with Crippen LogP contribution in [0.3, 0.4) is 0 Å². The van der Waals surface area contributed by atoms with Crippen LogP contribution in [0.15, 0.2) is 24.3 Å². The predicted molar refractivity (Wildman–Crippen MR) is 83.7 cm³/mol. The summed E-state index contributed by atoms with van der Waals surface area (Å²) >= 11 is 0. The number of rotatable bonds is 5. The van der Waals surface area contributed by atoms with E-state index in [2.05, 4.69) is 38.1 Å². The van der Waals surface area contributed by atoms with E-state index in [0.29, 0.717) is 12.3 Å². The highest BCUT2D eigenvalue weighted by Gasteiger charge is 2.20. The molecule has 110 valence electrons. The number of nitrogens with two attached hydrogens (primary N) is 1. The molecule has 2 N–H and O–H groups in total. The minimum Gasteiger partial charge on any atom is -0.370 e. The van der Waals surface area contributed by atoms with E-state index >= 15 is 0 Å². The third kappa shape index (κ3) is 3.84. The van der Waals surface area contributed by atoms with E-state index in [1.54, 1.807) is 0 Å². The predicted octanol–water partition coefficient (Wildman–Crippen LogP) is 4.35. The van der Waals surface area contributed by atoms with Crippen LogP contribution in [0.1, 0.15) is 75.3 Å². The van der Waals surface area contributed by atoms with Crippen molar-refractivity contribution in [2.45, 2.75) is 64.2 Å². The molecule has 1 aromatic rings. The minimum atomic E-state index is -0.208. The number of carbonyl (C=O) groups is 1. The molecule has 1 fully saturated rings. The zero-order chi connectivity index (χ0) is 14.5. The van der Waals surface area contributed by atoms with Crippen LogP contribution in [0.25, 0.3) is 0 Å². The molecule has 1 unspecified atom stereocenters. The molecule has 1 atom stereocenters. The molecule has 1 aliphatic carbocycles. The summed E-state index contributed by atoms with van der Waals surface area (Å²) in [4.78, 5) is 11.2. The van der Waals surface area contributed by atoms with Gasteiger partial charge in [-0.15, -0.1) is 0 Å². The second-order valence-corrected chi connectivity index (χ2v) is 6.52. The fraction of sp³-hybridized carbons (Fsp3) is 0.611. The van der Waals surface area contributed by atoms with Gasteiger partial charge in [0.2, 0.25) is 5.91 Å². The molecule has 0 bridgehead atoms. The molecule has 0 aromatic heterocycles. The van der Waals surface area contributed by atoms with E-state index in [-0.39, 0.29) is 11.8 Å². The lowest BCUT2D eigenvalue weighted by Gasteiger charge is -2.24. The second-order valence-electron chi connectivity index (χ2n) is 6.52. The number of hydrogen-bond donors (Lipinski definition) is 1. The highest BCUT2D eigenvalue weighted by Crippen LogP contribution is 2.34. The summed E-state index contributed by atoms with van der Waals surface area (Å²) in [7, 11) is 0. The summed E-state index contributed by atoms with van der Waals surface area (Å²) < 4.78 is 0. The molecule has 2 rings (SSSR count). The van der Waals surface area contributed by atoms with Gasteiger partial charge in [-0.2, -0.15) is 0 Å². The van der Waals surface area contributed by atoms with Crippen molar-refractivity contribution in [1.29, 1.82) is 0 Å². The maximum atomic E-state index is 11.2. The third-order valence-corrected chi connectivity index (χ3v) is 4.67. The van der Waals surface area contributed by atoms with Crippen LogP contribution < -0.4 is 5.73 Å². The van der Waals surface area contributed by atoms with Crippen LogP contribution in [-0.4, -0.2) is 5.91 Å². The number of amides is 1. The fourth-order valence-corrected chi connectivity index (χ4v) is 3.41.